The number of aromatic hydroxyl groups is 1. The van der Waals surface area contributed by atoms with Gasteiger partial charge in [0.25, 0.3) is 0 Å². The van der Waals surface area contributed by atoms with Crippen molar-refractivity contribution >= 4 is 17.5 Å². The Labute approximate surface area is 186 Å². The third-order valence-corrected chi connectivity index (χ3v) is 5.64. The zero-order valence-corrected chi connectivity index (χ0v) is 17.7. The molecular weight excluding hydrogens is 426 g/mol. The average Bonchev–Trinajstić information content (AvgIpc) is 3.18. The largest absolute Gasteiger partial charge is 0.493 e. The third-order valence-electron chi connectivity index (χ3n) is 5.64. The van der Waals surface area contributed by atoms with Crippen LogP contribution in [-0.2, 0) is 0 Å². The normalized spacial score (nSPS) is 17.1. The first-order chi connectivity index (χ1) is 16.0. The first-order valence-corrected chi connectivity index (χ1v) is 10.7. The fourth-order valence-corrected chi connectivity index (χ4v) is 3.76. The van der Waals surface area contributed by atoms with Gasteiger partial charge in [-0.1, -0.05) is 6.07 Å². The number of fused-ring (bicyclic) bond motifs is 2. The van der Waals surface area contributed by atoms with Gasteiger partial charge in [0.1, 0.15) is 11.5 Å². The summed E-state index contributed by atoms with van der Waals surface area (Å²) in [4.78, 5) is 25.9. The minimum Gasteiger partial charge on any atom is -0.493 e. The number of anilines is 1. The summed E-state index contributed by atoms with van der Waals surface area (Å²) in [6, 6.07) is 7.94. The van der Waals surface area contributed by atoms with Crippen LogP contribution in [0.4, 0.5) is 5.82 Å². The van der Waals surface area contributed by atoms with Crippen molar-refractivity contribution < 1.29 is 14.6 Å². The number of H-pyrrole nitrogens is 2. The van der Waals surface area contributed by atoms with Gasteiger partial charge in [0.05, 0.1) is 18.3 Å². The molecule has 11 nitrogen and oxygen atoms in total. The smallest absolute Gasteiger partial charge is 0.326 e. The van der Waals surface area contributed by atoms with Gasteiger partial charge in [-0.3, -0.25) is 9.98 Å². The number of hydrogen-bond acceptors (Lipinski definition) is 8. The number of aromatic nitrogens is 5. The van der Waals surface area contributed by atoms with Crippen molar-refractivity contribution in [2.75, 3.05) is 12.1 Å². The van der Waals surface area contributed by atoms with E-state index in [0.717, 1.165) is 29.9 Å². The summed E-state index contributed by atoms with van der Waals surface area (Å²) >= 11 is 0. The van der Waals surface area contributed by atoms with Crippen LogP contribution in [0.25, 0.3) is 11.7 Å². The van der Waals surface area contributed by atoms with Gasteiger partial charge in [-0.25, -0.2) is 9.78 Å². The Morgan fingerprint density at radius 3 is 2.91 bits per heavy atom. The van der Waals surface area contributed by atoms with E-state index in [1.165, 1.54) is 0 Å². The van der Waals surface area contributed by atoms with E-state index in [2.05, 4.69) is 20.4 Å². The molecule has 0 bridgehead atoms. The summed E-state index contributed by atoms with van der Waals surface area (Å²) in [7, 11) is 0. The van der Waals surface area contributed by atoms with Crippen molar-refractivity contribution in [3.8, 4) is 17.4 Å². The number of aromatic amines is 2. The second-order valence-corrected chi connectivity index (χ2v) is 8.16. The lowest BCUT2D eigenvalue weighted by molar-refractivity contribution is 0.174. The van der Waals surface area contributed by atoms with Crippen LogP contribution in [0.2, 0.25) is 0 Å². The molecule has 6 rings (SSSR count). The summed E-state index contributed by atoms with van der Waals surface area (Å²) in [6.07, 6.45) is 5.36. The second kappa shape index (κ2) is 7.40. The van der Waals surface area contributed by atoms with Crippen LogP contribution in [0.3, 0.4) is 0 Å². The zero-order valence-electron chi connectivity index (χ0n) is 17.7. The molecule has 1 fully saturated rings. The van der Waals surface area contributed by atoms with E-state index in [1.54, 1.807) is 16.8 Å². The summed E-state index contributed by atoms with van der Waals surface area (Å²) < 4.78 is 12.6. The molecule has 1 aliphatic carbocycles. The number of ether oxygens (including phenoxy) is 2. The molecule has 168 valence electrons. The lowest BCUT2D eigenvalue weighted by atomic mass is 10.1. The Kier molecular flexibility index (Phi) is 4.35. The third kappa shape index (κ3) is 3.67. The Morgan fingerprint density at radius 2 is 2.12 bits per heavy atom. The van der Waals surface area contributed by atoms with Gasteiger partial charge in [0.15, 0.2) is 22.6 Å². The van der Waals surface area contributed by atoms with Crippen LogP contribution in [0.5, 0.6) is 17.4 Å². The Hall–Kier alpha value is -4.28. The molecule has 0 amide bonds. The maximum absolute atomic E-state index is 11.5. The predicted molar refractivity (Wildman–Crippen MR) is 118 cm³/mol. The molecule has 11 heteroatoms. The van der Waals surface area contributed by atoms with Gasteiger partial charge in [0.2, 0.25) is 12.7 Å². The van der Waals surface area contributed by atoms with Crippen LogP contribution in [0.1, 0.15) is 37.1 Å². The van der Waals surface area contributed by atoms with E-state index in [0.29, 0.717) is 22.2 Å². The highest BCUT2D eigenvalue weighted by Gasteiger charge is 2.21. The molecule has 2 aliphatic rings. The van der Waals surface area contributed by atoms with Gasteiger partial charge in [-0.05, 0) is 43.5 Å². The molecular formula is C22H21N7O4. The van der Waals surface area contributed by atoms with E-state index in [9.17, 15) is 9.90 Å². The highest BCUT2D eigenvalue weighted by Crippen LogP contribution is 2.34. The van der Waals surface area contributed by atoms with Gasteiger partial charge in [0, 0.05) is 11.3 Å². The van der Waals surface area contributed by atoms with E-state index in [-0.39, 0.29) is 30.5 Å². The van der Waals surface area contributed by atoms with Crippen LogP contribution >= 0.6 is 0 Å². The summed E-state index contributed by atoms with van der Waals surface area (Å²) in [5.41, 5.74) is 2.03. The number of imidazole rings is 1. The zero-order chi connectivity index (χ0) is 22.5. The molecule has 4 aromatic rings. The second-order valence-electron chi connectivity index (χ2n) is 8.16. The molecule has 0 radical (unpaired) electrons. The quantitative estimate of drug-likeness (QED) is 0.357. The van der Waals surface area contributed by atoms with Gasteiger partial charge < -0.3 is 24.9 Å². The van der Waals surface area contributed by atoms with E-state index >= 15 is 0 Å². The SMILES string of the molecule is CC(Nc1cc(=NC2CC2)n2nc/c(=C\c3[nH]c(=O)[nH]c3O)c2n1)c1ccc2c(c1)OCO2. The molecule has 0 spiro atoms. The minimum absolute atomic E-state index is 0.0661. The molecule has 4 heterocycles. The van der Waals surface area contributed by atoms with E-state index in [4.69, 9.17) is 19.5 Å². The topological polar surface area (TPSA) is 142 Å². The number of nitrogens with zero attached hydrogens (tertiary/aromatic N) is 4. The molecule has 1 unspecified atom stereocenters. The predicted octanol–water partition coefficient (Wildman–Crippen LogP) is 0.964. The summed E-state index contributed by atoms with van der Waals surface area (Å²) in [5, 5.41) is 18.4. The number of rotatable bonds is 5. The molecule has 1 aliphatic heterocycles. The van der Waals surface area contributed by atoms with Crippen molar-refractivity contribution in [3.05, 3.63) is 62.9 Å². The number of benzene rings is 1. The lowest BCUT2D eigenvalue weighted by Gasteiger charge is -2.15. The first kappa shape index (κ1) is 19.4. The molecule has 4 N–H and O–H groups in total. The first-order valence-electron chi connectivity index (χ1n) is 10.7. The highest BCUT2D eigenvalue weighted by atomic mass is 16.7. The van der Waals surface area contributed by atoms with E-state index < -0.39 is 5.69 Å². The van der Waals surface area contributed by atoms with Crippen LogP contribution in [-0.4, -0.2) is 42.5 Å². The maximum Gasteiger partial charge on any atom is 0.326 e. The van der Waals surface area contributed by atoms with Crippen LogP contribution < -0.4 is 31.2 Å². The van der Waals surface area contributed by atoms with Crippen molar-refractivity contribution in [2.24, 2.45) is 4.99 Å². The minimum atomic E-state index is -0.493. The Bertz CT molecular complexity index is 1550. The molecule has 0 saturated heterocycles. The van der Waals surface area contributed by atoms with Crippen LogP contribution in [0, 0.1) is 0 Å². The van der Waals surface area contributed by atoms with Crippen molar-refractivity contribution in [3.63, 3.8) is 0 Å². The van der Waals surface area contributed by atoms with Gasteiger partial charge in [-0.2, -0.15) is 9.61 Å². The van der Waals surface area contributed by atoms with Crippen molar-refractivity contribution in [1.29, 1.82) is 0 Å². The van der Waals surface area contributed by atoms with Crippen LogP contribution in [0.15, 0.2) is 40.2 Å². The van der Waals surface area contributed by atoms with Crippen molar-refractivity contribution in [1.82, 2.24) is 24.6 Å². The number of nitrogens with one attached hydrogen (secondary N) is 3. The average molecular weight is 447 g/mol. The monoisotopic (exact) mass is 447 g/mol. The molecule has 33 heavy (non-hydrogen) atoms. The number of hydrogen-bond donors (Lipinski definition) is 4. The summed E-state index contributed by atoms with van der Waals surface area (Å²) in [6.45, 7) is 2.26. The standard InChI is InChI=1S/C22H21N7O4/c1-11(12-2-5-16-17(7-12)33-10-32-16)24-18-8-19(25-14-3-4-14)29-20(27-18)13(9-23-29)6-15-21(30)28-22(31)26-15/h2,5-9,11,14,24,30H,3-4,10H2,1H3,(H2,26,28,31)/b13-6+,25-19?. The Balaban J connectivity index is 1.42. The van der Waals surface area contributed by atoms with Gasteiger partial charge in [-0.15, -0.1) is 0 Å². The molecule has 1 atom stereocenters. The van der Waals surface area contributed by atoms with Gasteiger partial charge >= 0.3 is 5.69 Å². The fourth-order valence-electron chi connectivity index (χ4n) is 3.76. The molecule has 3 aromatic heterocycles. The van der Waals surface area contributed by atoms with E-state index in [1.807, 2.05) is 31.2 Å². The summed E-state index contributed by atoms with van der Waals surface area (Å²) in [5.74, 6) is 1.85. The lowest BCUT2D eigenvalue weighted by Crippen LogP contribution is -2.21. The fraction of sp³-hybridized carbons (Fsp3) is 0.273. The highest BCUT2D eigenvalue weighted by molar-refractivity contribution is 5.58. The molecule has 1 saturated carbocycles. The maximum atomic E-state index is 11.5. The molecule has 1 aromatic carbocycles. The van der Waals surface area contributed by atoms with Crippen molar-refractivity contribution in [2.45, 2.75) is 31.8 Å². The Morgan fingerprint density at radius 1 is 1.27 bits per heavy atom.